The Morgan fingerprint density at radius 3 is 2.33 bits per heavy atom. The maximum absolute atomic E-state index is 13.3. The molecule has 0 radical (unpaired) electrons. The zero-order valence-electron chi connectivity index (χ0n) is 22.5. The Balaban J connectivity index is 1.31. The summed E-state index contributed by atoms with van der Waals surface area (Å²) in [7, 11) is 3.15. The summed E-state index contributed by atoms with van der Waals surface area (Å²) in [5, 5.41) is 7.66. The number of carbonyl (C=O) groups excluding carboxylic acids is 2. The van der Waals surface area contributed by atoms with Gasteiger partial charge in [-0.1, -0.05) is 12.1 Å². The number of nitrogens with zero attached hydrogens (tertiary/aromatic N) is 2. The summed E-state index contributed by atoms with van der Waals surface area (Å²) in [6.07, 6.45) is 0.547. The first-order valence-electron chi connectivity index (χ1n) is 13.0. The van der Waals surface area contributed by atoms with Crippen molar-refractivity contribution in [3.63, 3.8) is 0 Å². The molecular formula is C29H35FN4O4S. The quantitative estimate of drug-likeness (QED) is 0.373. The normalized spacial score (nSPS) is 15.3. The molecule has 1 aliphatic heterocycles. The number of rotatable bonds is 10. The predicted molar refractivity (Wildman–Crippen MR) is 151 cm³/mol. The smallest absolute Gasteiger partial charge is 0.309 e. The molecule has 0 saturated carbocycles. The second-order valence-corrected chi connectivity index (χ2v) is 10.4. The molecule has 10 heteroatoms. The Labute approximate surface area is 232 Å². The molecule has 1 aromatic heterocycles. The van der Waals surface area contributed by atoms with E-state index in [1.54, 1.807) is 37.7 Å². The standard InChI is InChI=1S/C29H35FN4O4S/c1-20(32-29(36)28(35)31-13-12-21-6-11-24(37-2)25(19-21)38-3)27(26-5-4-18-39-26)34-16-14-33(15-17-34)23-9-7-22(30)8-10-23/h4-11,18-20,27H,12-17H2,1-3H3,(H,31,35)(H,32,36)/t20-,27+/m0/s1. The number of methoxy groups -OCH3 is 2. The lowest BCUT2D eigenvalue weighted by atomic mass is 10.0. The van der Waals surface area contributed by atoms with Gasteiger partial charge in [-0.2, -0.15) is 0 Å². The van der Waals surface area contributed by atoms with Crippen LogP contribution in [0.15, 0.2) is 60.0 Å². The summed E-state index contributed by atoms with van der Waals surface area (Å²) in [6.45, 7) is 5.37. The fraction of sp³-hybridized carbons (Fsp3) is 0.379. The molecule has 2 amide bonds. The second kappa shape index (κ2) is 13.4. The first-order chi connectivity index (χ1) is 18.9. The Kier molecular flexibility index (Phi) is 9.78. The van der Waals surface area contributed by atoms with E-state index in [9.17, 15) is 14.0 Å². The van der Waals surface area contributed by atoms with Gasteiger partial charge in [0, 0.05) is 49.3 Å². The molecule has 2 heterocycles. The van der Waals surface area contributed by atoms with Gasteiger partial charge in [-0.25, -0.2) is 4.39 Å². The number of ether oxygens (including phenoxy) is 2. The number of hydrogen-bond acceptors (Lipinski definition) is 7. The van der Waals surface area contributed by atoms with Gasteiger partial charge in [0.1, 0.15) is 5.82 Å². The zero-order chi connectivity index (χ0) is 27.8. The number of piperazine rings is 1. The van der Waals surface area contributed by atoms with E-state index in [1.165, 1.54) is 12.1 Å². The average molecular weight is 555 g/mol. The number of amides is 2. The molecular weight excluding hydrogens is 519 g/mol. The van der Waals surface area contributed by atoms with Crippen molar-refractivity contribution in [1.82, 2.24) is 15.5 Å². The number of nitrogens with one attached hydrogen (secondary N) is 2. The SMILES string of the molecule is COc1ccc(CCNC(=O)C(=O)N[C@@H](C)[C@H](c2cccs2)N2CCN(c3ccc(F)cc3)CC2)cc1OC. The molecule has 0 unspecified atom stereocenters. The van der Waals surface area contributed by atoms with Gasteiger partial charge in [-0.3, -0.25) is 14.5 Å². The van der Waals surface area contributed by atoms with Crippen LogP contribution in [0.3, 0.4) is 0 Å². The summed E-state index contributed by atoms with van der Waals surface area (Å²) < 4.78 is 23.9. The number of anilines is 1. The average Bonchev–Trinajstić information content (AvgIpc) is 3.48. The third kappa shape index (κ3) is 7.27. The van der Waals surface area contributed by atoms with Crippen LogP contribution in [0.5, 0.6) is 11.5 Å². The molecule has 2 atom stereocenters. The van der Waals surface area contributed by atoms with Gasteiger partial charge in [0.05, 0.1) is 20.3 Å². The van der Waals surface area contributed by atoms with Crippen molar-refractivity contribution < 1.29 is 23.5 Å². The summed E-state index contributed by atoms with van der Waals surface area (Å²) in [5.74, 6) is -0.304. The van der Waals surface area contributed by atoms with Gasteiger partial charge >= 0.3 is 11.8 Å². The molecule has 1 fully saturated rings. The first-order valence-corrected chi connectivity index (χ1v) is 13.8. The fourth-order valence-electron chi connectivity index (χ4n) is 4.90. The molecule has 8 nitrogen and oxygen atoms in total. The molecule has 208 valence electrons. The van der Waals surface area contributed by atoms with Gasteiger partial charge in [-0.05, 0) is 66.8 Å². The summed E-state index contributed by atoms with van der Waals surface area (Å²) in [5.41, 5.74) is 1.95. The van der Waals surface area contributed by atoms with E-state index in [4.69, 9.17) is 9.47 Å². The lowest BCUT2D eigenvalue weighted by Gasteiger charge is -2.42. The van der Waals surface area contributed by atoms with Crippen LogP contribution in [-0.2, 0) is 16.0 Å². The Morgan fingerprint density at radius 2 is 1.69 bits per heavy atom. The van der Waals surface area contributed by atoms with Crippen molar-refractivity contribution in [2.75, 3.05) is 51.8 Å². The van der Waals surface area contributed by atoms with Crippen LogP contribution < -0.4 is 25.0 Å². The first kappa shape index (κ1) is 28.4. The topological polar surface area (TPSA) is 83.1 Å². The largest absolute Gasteiger partial charge is 0.493 e. The van der Waals surface area contributed by atoms with E-state index in [0.29, 0.717) is 24.5 Å². The molecule has 4 rings (SSSR count). The van der Waals surface area contributed by atoms with E-state index in [0.717, 1.165) is 42.3 Å². The van der Waals surface area contributed by atoms with Gasteiger partial charge < -0.3 is 25.0 Å². The fourth-order valence-corrected chi connectivity index (χ4v) is 5.86. The van der Waals surface area contributed by atoms with Crippen LogP contribution >= 0.6 is 11.3 Å². The maximum atomic E-state index is 13.3. The van der Waals surface area contributed by atoms with E-state index < -0.39 is 11.8 Å². The van der Waals surface area contributed by atoms with Crippen molar-refractivity contribution in [1.29, 1.82) is 0 Å². The van der Waals surface area contributed by atoms with Crippen LogP contribution in [0.25, 0.3) is 0 Å². The van der Waals surface area contributed by atoms with Crippen LogP contribution in [0, 0.1) is 5.82 Å². The highest BCUT2D eigenvalue weighted by Crippen LogP contribution is 2.30. The minimum absolute atomic E-state index is 0.0659. The van der Waals surface area contributed by atoms with Crippen LogP contribution in [-0.4, -0.2) is 69.7 Å². The minimum Gasteiger partial charge on any atom is -0.493 e. The molecule has 1 aliphatic rings. The molecule has 3 aromatic rings. The number of halogens is 1. The number of benzene rings is 2. The van der Waals surface area contributed by atoms with E-state index in [1.807, 2.05) is 36.6 Å². The highest BCUT2D eigenvalue weighted by Gasteiger charge is 2.32. The molecule has 1 saturated heterocycles. The highest BCUT2D eigenvalue weighted by molar-refractivity contribution is 7.10. The summed E-state index contributed by atoms with van der Waals surface area (Å²) in [6, 6.07) is 15.8. The second-order valence-electron chi connectivity index (χ2n) is 9.42. The monoisotopic (exact) mass is 554 g/mol. The van der Waals surface area contributed by atoms with Crippen molar-refractivity contribution in [3.8, 4) is 11.5 Å². The zero-order valence-corrected chi connectivity index (χ0v) is 23.3. The van der Waals surface area contributed by atoms with Crippen LogP contribution in [0.1, 0.15) is 23.4 Å². The Morgan fingerprint density at radius 1 is 0.974 bits per heavy atom. The molecule has 0 bridgehead atoms. The van der Waals surface area contributed by atoms with Crippen molar-refractivity contribution in [2.24, 2.45) is 0 Å². The van der Waals surface area contributed by atoms with Crippen molar-refractivity contribution in [3.05, 3.63) is 76.2 Å². The third-order valence-corrected chi connectivity index (χ3v) is 7.86. The molecule has 0 aliphatic carbocycles. The lowest BCUT2D eigenvalue weighted by molar-refractivity contribution is -0.139. The third-order valence-electron chi connectivity index (χ3n) is 6.92. The predicted octanol–water partition coefficient (Wildman–Crippen LogP) is 3.63. The molecule has 2 aromatic carbocycles. The van der Waals surface area contributed by atoms with Crippen LogP contribution in [0.4, 0.5) is 10.1 Å². The maximum Gasteiger partial charge on any atom is 0.309 e. The van der Waals surface area contributed by atoms with Gasteiger partial charge in [0.15, 0.2) is 11.5 Å². The Hall–Kier alpha value is -3.63. The molecule has 2 N–H and O–H groups in total. The van der Waals surface area contributed by atoms with Gasteiger partial charge in [0.2, 0.25) is 0 Å². The van der Waals surface area contributed by atoms with E-state index in [-0.39, 0.29) is 17.9 Å². The van der Waals surface area contributed by atoms with E-state index >= 15 is 0 Å². The summed E-state index contributed by atoms with van der Waals surface area (Å²) >= 11 is 1.64. The van der Waals surface area contributed by atoms with Crippen molar-refractivity contribution >= 4 is 28.8 Å². The summed E-state index contributed by atoms with van der Waals surface area (Å²) in [4.78, 5) is 31.1. The molecule has 0 spiro atoms. The van der Waals surface area contributed by atoms with Gasteiger partial charge in [0.25, 0.3) is 0 Å². The minimum atomic E-state index is -0.659. The highest BCUT2D eigenvalue weighted by atomic mass is 32.1. The van der Waals surface area contributed by atoms with Crippen molar-refractivity contribution in [2.45, 2.75) is 25.4 Å². The number of thiophene rings is 1. The van der Waals surface area contributed by atoms with Gasteiger partial charge in [-0.15, -0.1) is 11.3 Å². The molecule has 39 heavy (non-hydrogen) atoms. The number of hydrogen-bond donors (Lipinski definition) is 2. The number of carbonyl (C=O) groups is 2. The van der Waals surface area contributed by atoms with Crippen LogP contribution in [0.2, 0.25) is 0 Å². The van der Waals surface area contributed by atoms with E-state index in [2.05, 4.69) is 26.5 Å². The Bertz CT molecular complexity index is 1230. The lowest BCUT2D eigenvalue weighted by Crippen LogP contribution is -2.53.